The Labute approximate surface area is 233 Å². The predicted molar refractivity (Wildman–Crippen MR) is 145 cm³/mol. The largest absolute Gasteiger partial charge is 0.513 e. The van der Waals surface area contributed by atoms with E-state index < -0.39 is 36.4 Å². The molecule has 0 aliphatic carbocycles. The average Bonchev–Trinajstić information content (AvgIpc) is 2.90. The summed E-state index contributed by atoms with van der Waals surface area (Å²) in [6.45, 7) is 9.41. The Hall–Kier alpha value is -4.12. The Morgan fingerprint density at radius 1 is 0.800 bits per heavy atom. The number of aliphatic carboxylic acids is 1. The average molecular weight is 560 g/mol. The number of carbonyl (C=O) groups is 4. The van der Waals surface area contributed by atoms with Gasteiger partial charge < -0.3 is 34.1 Å². The summed E-state index contributed by atoms with van der Waals surface area (Å²) in [5.41, 5.74) is 0.849. The molecule has 0 spiro atoms. The molecule has 2 aromatic carbocycles. The van der Waals surface area contributed by atoms with E-state index in [0.717, 1.165) is 0 Å². The topological polar surface area (TPSA) is 147 Å². The summed E-state index contributed by atoms with van der Waals surface area (Å²) < 4.78 is 25.9. The number of carboxylic acids is 1. The van der Waals surface area contributed by atoms with Crippen LogP contribution in [-0.4, -0.2) is 61.3 Å². The number of rotatable bonds is 14. The lowest BCUT2D eigenvalue weighted by Crippen LogP contribution is -2.42. The third-order valence-corrected chi connectivity index (χ3v) is 5.17. The van der Waals surface area contributed by atoms with Gasteiger partial charge in [-0.15, -0.1) is 0 Å². The molecule has 0 radical (unpaired) electrons. The van der Waals surface area contributed by atoms with Crippen LogP contribution in [-0.2, 0) is 25.4 Å². The Morgan fingerprint density at radius 2 is 1.38 bits per heavy atom. The number of nitrogens with one attached hydrogen (secondary N) is 1. The van der Waals surface area contributed by atoms with Crippen molar-refractivity contribution in [3.05, 3.63) is 59.7 Å². The van der Waals surface area contributed by atoms with Gasteiger partial charge in [0.2, 0.25) is 0 Å². The highest BCUT2D eigenvalue weighted by Gasteiger charge is 2.22. The second-order valence-corrected chi connectivity index (χ2v) is 9.98. The summed E-state index contributed by atoms with van der Waals surface area (Å²) in [4.78, 5) is 48.5. The number of benzene rings is 2. The third-order valence-electron chi connectivity index (χ3n) is 5.17. The van der Waals surface area contributed by atoms with Crippen LogP contribution in [0.4, 0.5) is 9.59 Å². The van der Waals surface area contributed by atoms with E-state index in [4.69, 9.17) is 23.7 Å². The number of esters is 1. The first-order chi connectivity index (χ1) is 18.9. The molecule has 2 atom stereocenters. The SMILES string of the molecule is CC(C)COC(=O)Oc1ccc(C[C@H](NCC(C)OC(=O)c2ccccc2)C(=O)O)cc1OC(=O)OCC(C)C. The van der Waals surface area contributed by atoms with E-state index in [2.05, 4.69) is 5.32 Å². The molecular formula is C29H37NO10. The molecule has 0 bridgehead atoms. The molecule has 11 heteroatoms. The Kier molecular flexibility index (Phi) is 12.9. The molecule has 1 unspecified atom stereocenters. The van der Waals surface area contributed by atoms with Crippen molar-refractivity contribution in [1.82, 2.24) is 5.32 Å². The lowest BCUT2D eigenvalue weighted by Gasteiger charge is -2.19. The summed E-state index contributed by atoms with van der Waals surface area (Å²) in [6.07, 6.45) is -2.62. The first-order valence-corrected chi connectivity index (χ1v) is 13.0. The van der Waals surface area contributed by atoms with Crippen LogP contribution in [0.2, 0.25) is 0 Å². The van der Waals surface area contributed by atoms with E-state index in [-0.39, 0.29) is 49.5 Å². The van der Waals surface area contributed by atoms with E-state index in [1.807, 2.05) is 27.7 Å². The van der Waals surface area contributed by atoms with Crippen LogP contribution in [0.25, 0.3) is 0 Å². The van der Waals surface area contributed by atoms with E-state index in [1.165, 1.54) is 18.2 Å². The normalized spacial score (nSPS) is 12.4. The molecule has 40 heavy (non-hydrogen) atoms. The van der Waals surface area contributed by atoms with Gasteiger partial charge in [0.15, 0.2) is 11.5 Å². The molecule has 0 aliphatic rings. The molecule has 0 aromatic heterocycles. The van der Waals surface area contributed by atoms with Gasteiger partial charge in [-0.2, -0.15) is 0 Å². The van der Waals surface area contributed by atoms with Gasteiger partial charge in [-0.3, -0.25) is 4.79 Å². The fourth-order valence-electron chi connectivity index (χ4n) is 3.21. The smallest absolute Gasteiger partial charge is 0.480 e. The van der Waals surface area contributed by atoms with E-state index in [9.17, 15) is 24.3 Å². The molecule has 218 valence electrons. The Morgan fingerprint density at radius 3 is 1.93 bits per heavy atom. The Bertz CT molecular complexity index is 1130. The second kappa shape index (κ2) is 16.1. The zero-order valence-corrected chi connectivity index (χ0v) is 23.4. The van der Waals surface area contributed by atoms with Gasteiger partial charge in [-0.25, -0.2) is 14.4 Å². The maximum atomic E-state index is 12.3. The van der Waals surface area contributed by atoms with Crippen LogP contribution < -0.4 is 14.8 Å². The summed E-state index contributed by atoms with van der Waals surface area (Å²) in [6, 6.07) is 11.7. The molecule has 2 N–H and O–H groups in total. The van der Waals surface area contributed by atoms with Crippen LogP contribution in [0.5, 0.6) is 11.5 Å². The van der Waals surface area contributed by atoms with Crippen LogP contribution in [0.3, 0.4) is 0 Å². The monoisotopic (exact) mass is 559 g/mol. The molecule has 0 saturated heterocycles. The van der Waals surface area contributed by atoms with Gasteiger partial charge in [0.05, 0.1) is 18.8 Å². The molecule has 11 nitrogen and oxygen atoms in total. The van der Waals surface area contributed by atoms with Crippen molar-refractivity contribution < 1.29 is 48.0 Å². The van der Waals surface area contributed by atoms with Crippen molar-refractivity contribution in [2.24, 2.45) is 11.8 Å². The first-order valence-electron chi connectivity index (χ1n) is 13.0. The van der Waals surface area contributed by atoms with Gasteiger partial charge in [0.1, 0.15) is 12.1 Å². The van der Waals surface area contributed by atoms with Crippen LogP contribution in [0, 0.1) is 11.8 Å². The third kappa shape index (κ3) is 11.7. The van der Waals surface area contributed by atoms with E-state index >= 15 is 0 Å². The van der Waals surface area contributed by atoms with Gasteiger partial charge in [0, 0.05) is 6.54 Å². The van der Waals surface area contributed by atoms with Crippen molar-refractivity contribution in [3.63, 3.8) is 0 Å². The highest BCUT2D eigenvalue weighted by atomic mass is 16.7. The fourth-order valence-corrected chi connectivity index (χ4v) is 3.21. The molecule has 0 amide bonds. The number of carboxylic acid groups (broad SMARTS) is 1. The number of hydrogen-bond donors (Lipinski definition) is 2. The van der Waals surface area contributed by atoms with Crippen LogP contribution >= 0.6 is 0 Å². The number of hydrogen-bond acceptors (Lipinski definition) is 10. The molecule has 0 saturated carbocycles. The molecule has 0 aliphatic heterocycles. The van der Waals surface area contributed by atoms with Crippen LogP contribution in [0.1, 0.15) is 50.5 Å². The summed E-state index contributed by atoms with van der Waals surface area (Å²) in [5, 5.41) is 12.6. The van der Waals surface area contributed by atoms with Gasteiger partial charge >= 0.3 is 24.2 Å². The van der Waals surface area contributed by atoms with E-state index in [0.29, 0.717) is 11.1 Å². The molecule has 2 aromatic rings. The fraction of sp³-hybridized carbons (Fsp3) is 0.448. The lowest BCUT2D eigenvalue weighted by atomic mass is 10.0. The van der Waals surface area contributed by atoms with E-state index in [1.54, 1.807) is 37.3 Å². The van der Waals surface area contributed by atoms with Gasteiger partial charge in [-0.1, -0.05) is 52.0 Å². The zero-order chi connectivity index (χ0) is 29.7. The van der Waals surface area contributed by atoms with Crippen LogP contribution in [0.15, 0.2) is 48.5 Å². The highest BCUT2D eigenvalue weighted by molar-refractivity contribution is 5.89. The molecule has 2 rings (SSSR count). The van der Waals surface area contributed by atoms with Crippen molar-refractivity contribution in [1.29, 1.82) is 0 Å². The lowest BCUT2D eigenvalue weighted by molar-refractivity contribution is -0.139. The highest BCUT2D eigenvalue weighted by Crippen LogP contribution is 2.30. The molecule has 0 heterocycles. The summed E-state index contributed by atoms with van der Waals surface area (Å²) in [7, 11) is 0. The number of carbonyl (C=O) groups excluding carboxylic acids is 3. The van der Waals surface area contributed by atoms with Crippen molar-refractivity contribution in [3.8, 4) is 11.5 Å². The van der Waals surface area contributed by atoms with Crippen molar-refractivity contribution in [2.75, 3.05) is 19.8 Å². The predicted octanol–water partition coefficient (Wildman–Crippen LogP) is 4.86. The maximum absolute atomic E-state index is 12.3. The van der Waals surface area contributed by atoms with Gasteiger partial charge in [-0.05, 0) is 55.0 Å². The summed E-state index contributed by atoms with van der Waals surface area (Å²) >= 11 is 0. The minimum Gasteiger partial charge on any atom is -0.480 e. The zero-order valence-electron chi connectivity index (χ0n) is 23.4. The second-order valence-electron chi connectivity index (χ2n) is 9.98. The summed E-state index contributed by atoms with van der Waals surface area (Å²) in [5.74, 6) is -1.74. The van der Waals surface area contributed by atoms with Crippen molar-refractivity contribution in [2.45, 2.75) is 53.2 Å². The maximum Gasteiger partial charge on any atom is 0.513 e. The Balaban J connectivity index is 2.11. The first kappa shape index (κ1) is 32.1. The molecule has 0 fully saturated rings. The minimum atomic E-state index is -1.14. The van der Waals surface area contributed by atoms with Gasteiger partial charge in [0.25, 0.3) is 0 Å². The molecular weight excluding hydrogens is 522 g/mol. The van der Waals surface area contributed by atoms with Crippen molar-refractivity contribution >= 4 is 24.2 Å². The standard InChI is InChI=1S/C29H37NO10/c1-18(2)16-36-28(34)39-24-12-11-21(14-25(24)40-29(35)37-17-19(3)4)13-23(26(31)32)30-15-20(5)38-27(33)22-9-7-6-8-10-22/h6-12,14,18-20,23,30H,13,15-17H2,1-5H3,(H,31,32)/t20?,23-/m0/s1. The number of ether oxygens (including phenoxy) is 5. The quantitative estimate of drug-likeness (QED) is 0.186. The minimum absolute atomic E-state index is 0.0236.